The maximum absolute atomic E-state index is 11.3. The summed E-state index contributed by atoms with van der Waals surface area (Å²) >= 11 is 0. The summed E-state index contributed by atoms with van der Waals surface area (Å²) in [5, 5.41) is 1.86. The van der Waals surface area contributed by atoms with Crippen molar-refractivity contribution in [3.05, 3.63) is 0 Å². The highest BCUT2D eigenvalue weighted by Crippen LogP contribution is 2.24. The molecule has 0 saturated carbocycles. The highest BCUT2D eigenvalue weighted by atomic mass is 31.1. The Morgan fingerprint density at radius 1 is 1.64 bits per heavy atom. The van der Waals surface area contributed by atoms with Crippen LogP contribution in [0.2, 0.25) is 0 Å². The van der Waals surface area contributed by atoms with Crippen LogP contribution in [0.15, 0.2) is 0 Å². The molecule has 4 heteroatoms. The first kappa shape index (κ1) is 8.95. The normalized spacial score (nSPS) is 22.5. The molecule has 1 rings (SSSR count). The number of hydrazine groups is 1. The van der Waals surface area contributed by atoms with Gasteiger partial charge in [0.05, 0.1) is 0 Å². The Bertz CT molecular complexity index is 151. The van der Waals surface area contributed by atoms with E-state index in [0.717, 1.165) is 21.7 Å². The van der Waals surface area contributed by atoms with E-state index < -0.39 is 0 Å². The van der Waals surface area contributed by atoms with E-state index in [-0.39, 0.29) is 5.91 Å². The van der Waals surface area contributed by atoms with Gasteiger partial charge in [-0.3, -0.25) is 9.80 Å². The lowest BCUT2D eigenvalue weighted by Gasteiger charge is -2.35. The van der Waals surface area contributed by atoms with Crippen molar-refractivity contribution in [1.29, 1.82) is 0 Å². The van der Waals surface area contributed by atoms with Gasteiger partial charge < -0.3 is 0 Å². The van der Waals surface area contributed by atoms with E-state index in [4.69, 9.17) is 0 Å². The first-order valence-electron chi connectivity index (χ1n) is 4.03. The first-order valence-corrected chi connectivity index (χ1v) is 5.18. The van der Waals surface area contributed by atoms with Gasteiger partial charge in [0.1, 0.15) is 0 Å². The topological polar surface area (TPSA) is 23.6 Å². The summed E-state index contributed by atoms with van der Waals surface area (Å²) in [6.07, 6.45) is 3.02. The van der Waals surface area contributed by atoms with Crippen LogP contribution in [0.3, 0.4) is 0 Å². The van der Waals surface area contributed by atoms with Crippen molar-refractivity contribution in [2.75, 3.05) is 19.8 Å². The van der Waals surface area contributed by atoms with Gasteiger partial charge in [-0.25, -0.2) is 4.78 Å². The summed E-state index contributed by atoms with van der Waals surface area (Å²) in [4.78, 5) is 11.3. The van der Waals surface area contributed by atoms with Crippen LogP contribution in [0, 0.1) is 0 Å². The molecule has 3 nitrogen and oxygen atoms in total. The zero-order chi connectivity index (χ0) is 8.27. The molecule has 1 atom stereocenters. The first-order chi connectivity index (χ1) is 5.25. The van der Waals surface area contributed by atoms with Gasteiger partial charge >= 0.3 is 0 Å². The van der Waals surface area contributed by atoms with Crippen molar-refractivity contribution in [3.8, 4) is 0 Å². The van der Waals surface area contributed by atoms with Gasteiger partial charge in [-0.2, -0.15) is 0 Å². The predicted octanol–water partition coefficient (Wildman–Crippen LogP) is 1.07. The molecule has 1 amide bonds. The minimum absolute atomic E-state index is 0.250. The fourth-order valence-corrected chi connectivity index (χ4v) is 2.20. The monoisotopic (exact) mass is 174 g/mol. The molecule has 1 heterocycles. The fourth-order valence-electron chi connectivity index (χ4n) is 1.18. The van der Waals surface area contributed by atoms with Crippen LogP contribution < -0.4 is 0 Å². The third-order valence-electron chi connectivity index (χ3n) is 1.84. The molecular formula is C7H15N2OP. The van der Waals surface area contributed by atoms with Crippen LogP contribution >= 0.6 is 8.73 Å². The maximum atomic E-state index is 11.3. The molecule has 1 saturated heterocycles. The minimum Gasteiger partial charge on any atom is -0.273 e. The van der Waals surface area contributed by atoms with Crippen LogP contribution in [0.4, 0.5) is 0 Å². The van der Waals surface area contributed by atoms with E-state index in [9.17, 15) is 4.79 Å². The van der Waals surface area contributed by atoms with E-state index in [1.165, 1.54) is 6.16 Å². The van der Waals surface area contributed by atoms with E-state index in [1.807, 2.05) is 19.0 Å². The second-order valence-electron chi connectivity index (χ2n) is 2.66. The molecule has 0 aliphatic carbocycles. The minimum atomic E-state index is 0.250. The predicted molar refractivity (Wildman–Crippen MR) is 47.6 cm³/mol. The van der Waals surface area contributed by atoms with E-state index >= 15 is 0 Å². The standard InChI is InChI=1S/C7H15N2OP/c1-3-7(10)9-5-4-6-11-8(9)2/h11H,3-6H2,1-2H3. The summed E-state index contributed by atoms with van der Waals surface area (Å²) in [7, 11) is 2.78. The van der Waals surface area contributed by atoms with Gasteiger partial charge in [-0.05, 0) is 21.3 Å². The van der Waals surface area contributed by atoms with Crippen LogP contribution in [-0.4, -0.2) is 35.4 Å². The lowest BCUT2D eigenvalue weighted by Crippen LogP contribution is -2.42. The molecule has 1 aliphatic heterocycles. The largest absolute Gasteiger partial charge is 0.273 e. The van der Waals surface area contributed by atoms with Crippen molar-refractivity contribution in [3.63, 3.8) is 0 Å². The number of hydrogen-bond donors (Lipinski definition) is 0. The molecule has 0 aromatic rings. The highest BCUT2D eigenvalue weighted by molar-refractivity contribution is 7.35. The third-order valence-corrected chi connectivity index (χ3v) is 3.12. The summed E-state index contributed by atoms with van der Waals surface area (Å²) < 4.78 is 2.05. The van der Waals surface area contributed by atoms with Crippen LogP contribution in [-0.2, 0) is 4.79 Å². The molecular weight excluding hydrogens is 159 g/mol. The summed E-state index contributed by atoms with van der Waals surface area (Å²) in [6.45, 7) is 2.82. The Kier molecular flexibility index (Phi) is 3.28. The Morgan fingerprint density at radius 3 is 2.91 bits per heavy atom. The zero-order valence-electron chi connectivity index (χ0n) is 7.13. The molecule has 0 N–H and O–H groups in total. The Hall–Kier alpha value is -0.140. The van der Waals surface area contributed by atoms with Crippen molar-refractivity contribution < 1.29 is 4.79 Å². The van der Waals surface area contributed by atoms with Gasteiger partial charge in [-0.15, -0.1) is 0 Å². The lowest BCUT2D eigenvalue weighted by atomic mass is 10.4. The molecule has 0 radical (unpaired) electrons. The summed E-state index contributed by atoms with van der Waals surface area (Å²) in [5.41, 5.74) is 0. The Labute approximate surface area is 69.5 Å². The van der Waals surface area contributed by atoms with Crippen LogP contribution in [0.1, 0.15) is 19.8 Å². The number of amides is 1. The number of rotatable bonds is 1. The maximum Gasteiger partial charge on any atom is 0.236 e. The average molecular weight is 174 g/mol. The number of carbonyl (C=O) groups excluding carboxylic acids is 1. The molecule has 64 valence electrons. The van der Waals surface area contributed by atoms with E-state index in [1.54, 1.807) is 0 Å². The number of carbonyl (C=O) groups is 1. The molecule has 0 spiro atoms. The molecule has 1 fully saturated rings. The third kappa shape index (κ3) is 2.14. The van der Waals surface area contributed by atoms with E-state index in [2.05, 4.69) is 4.78 Å². The fraction of sp³-hybridized carbons (Fsp3) is 0.857. The molecule has 11 heavy (non-hydrogen) atoms. The molecule has 1 aliphatic rings. The van der Waals surface area contributed by atoms with Gasteiger partial charge in [-0.1, -0.05) is 6.92 Å². The van der Waals surface area contributed by atoms with Gasteiger partial charge in [0.15, 0.2) is 0 Å². The highest BCUT2D eigenvalue weighted by Gasteiger charge is 2.19. The van der Waals surface area contributed by atoms with Crippen molar-refractivity contribution in [1.82, 2.24) is 9.79 Å². The second-order valence-corrected chi connectivity index (χ2v) is 4.12. The summed E-state index contributed by atoms with van der Waals surface area (Å²) in [5.74, 6) is 0.250. The quantitative estimate of drug-likeness (QED) is 0.555. The summed E-state index contributed by atoms with van der Waals surface area (Å²) in [6, 6.07) is 0. The van der Waals surface area contributed by atoms with Gasteiger partial charge in [0.2, 0.25) is 5.91 Å². The van der Waals surface area contributed by atoms with E-state index in [0.29, 0.717) is 6.42 Å². The van der Waals surface area contributed by atoms with Gasteiger partial charge in [0, 0.05) is 20.0 Å². The van der Waals surface area contributed by atoms with Crippen LogP contribution in [0.5, 0.6) is 0 Å². The van der Waals surface area contributed by atoms with Crippen LogP contribution in [0.25, 0.3) is 0 Å². The zero-order valence-corrected chi connectivity index (χ0v) is 8.13. The molecule has 0 bridgehead atoms. The van der Waals surface area contributed by atoms with Crippen molar-refractivity contribution in [2.24, 2.45) is 0 Å². The number of nitrogens with zero attached hydrogens (tertiary/aromatic N) is 2. The average Bonchev–Trinajstić information content (AvgIpc) is 2.04. The SMILES string of the molecule is CCC(=O)N1CCCPN1C. The Morgan fingerprint density at radius 2 is 2.36 bits per heavy atom. The smallest absolute Gasteiger partial charge is 0.236 e. The number of hydrogen-bond acceptors (Lipinski definition) is 2. The second kappa shape index (κ2) is 4.03. The Balaban J connectivity index is 2.47. The van der Waals surface area contributed by atoms with Crippen molar-refractivity contribution in [2.45, 2.75) is 19.8 Å². The molecule has 0 aromatic heterocycles. The lowest BCUT2D eigenvalue weighted by molar-refractivity contribution is -0.140. The molecule has 1 unspecified atom stereocenters. The van der Waals surface area contributed by atoms with Gasteiger partial charge in [0.25, 0.3) is 0 Å². The molecule has 0 aromatic carbocycles. The van der Waals surface area contributed by atoms with Crippen molar-refractivity contribution >= 4 is 14.6 Å².